The summed E-state index contributed by atoms with van der Waals surface area (Å²) in [7, 11) is 3.69. The Hall–Kier alpha value is -1.91. The minimum atomic E-state index is -0.239. The van der Waals surface area contributed by atoms with Gasteiger partial charge in [0.05, 0.1) is 7.11 Å². The molecule has 0 saturated heterocycles. The molecule has 0 bridgehead atoms. The Balaban J connectivity index is 2.02. The summed E-state index contributed by atoms with van der Waals surface area (Å²) in [5.41, 5.74) is 8.81. The quantitative estimate of drug-likeness (QED) is 0.888. The summed E-state index contributed by atoms with van der Waals surface area (Å²) in [6, 6.07) is 12.8. The van der Waals surface area contributed by atoms with Crippen LogP contribution in [0, 0.1) is 5.82 Å². The molecule has 3 nitrogen and oxygen atoms in total. The zero-order valence-electron chi connectivity index (χ0n) is 12.5. The minimum absolute atomic E-state index is 0.239. The SMILES string of the molecule is COc1ccc(CN(C)Cc2ccc(F)cc2CN)cc1. The van der Waals surface area contributed by atoms with E-state index in [1.54, 1.807) is 7.11 Å². The van der Waals surface area contributed by atoms with Crippen LogP contribution in [0.3, 0.4) is 0 Å². The van der Waals surface area contributed by atoms with Gasteiger partial charge in [0.1, 0.15) is 11.6 Å². The first-order chi connectivity index (χ1) is 10.1. The van der Waals surface area contributed by atoms with Gasteiger partial charge in [0.2, 0.25) is 0 Å². The van der Waals surface area contributed by atoms with Gasteiger partial charge in [-0.3, -0.25) is 4.90 Å². The number of methoxy groups -OCH3 is 1. The van der Waals surface area contributed by atoms with Crippen molar-refractivity contribution in [3.05, 3.63) is 65.0 Å². The van der Waals surface area contributed by atoms with E-state index in [0.717, 1.165) is 30.0 Å². The normalized spacial score (nSPS) is 10.9. The highest BCUT2D eigenvalue weighted by molar-refractivity contribution is 5.29. The molecule has 0 atom stereocenters. The monoisotopic (exact) mass is 288 g/mol. The third kappa shape index (κ3) is 4.28. The lowest BCUT2D eigenvalue weighted by Gasteiger charge is -2.19. The number of ether oxygens (including phenoxy) is 1. The summed E-state index contributed by atoms with van der Waals surface area (Å²) in [5.74, 6) is 0.613. The third-order valence-corrected chi connectivity index (χ3v) is 3.44. The van der Waals surface area contributed by atoms with Gasteiger partial charge in [0.15, 0.2) is 0 Å². The van der Waals surface area contributed by atoms with Crippen LogP contribution >= 0.6 is 0 Å². The lowest BCUT2D eigenvalue weighted by molar-refractivity contribution is 0.317. The number of hydrogen-bond acceptors (Lipinski definition) is 3. The standard InChI is InChI=1S/C17H21FN2O/c1-20(11-13-3-7-17(21-2)8-4-13)12-14-5-6-16(18)9-15(14)10-19/h3-9H,10-12,19H2,1-2H3. The Morgan fingerprint density at radius 2 is 1.76 bits per heavy atom. The molecule has 0 saturated carbocycles. The summed E-state index contributed by atoms with van der Waals surface area (Å²) >= 11 is 0. The second kappa shape index (κ2) is 7.20. The van der Waals surface area contributed by atoms with Crippen LogP contribution in [0.25, 0.3) is 0 Å². The number of hydrogen-bond donors (Lipinski definition) is 1. The first-order valence-electron chi connectivity index (χ1n) is 6.91. The Morgan fingerprint density at radius 1 is 1.05 bits per heavy atom. The van der Waals surface area contributed by atoms with Gasteiger partial charge in [0.25, 0.3) is 0 Å². The molecule has 0 radical (unpaired) electrons. The second-order valence-electron chi connectivity index (χ2n) is 5.14. The lowest BCUT2D eigenvalue weighted by Crippen LogP contribution is -2.19. The lowest BCUT2D eigenvalue weighted by atomic mass is 10.1. The maximum absolute atomic E-state index is 13.2. The summed E-state index contributed by atoms with van der Waals surface area (Å²) in [4.78, 5) is 2.17. The van der Waals surface area contributed by atoms with Gasteiger partial charge in [-0.25, -0.2) is 4.39 Å². The molecule has 0 aliphatic rings. The average molecular weight is 288 g/mol. The molecule has 0 heterocycles. The molecule has 2 N–H and O–H groups in total. The molecule has 0 unspecified atom stereocenters. The van der Waals surface area contributed by atoms with E-state index >= 15 is 0 Å². The van der Waals surface area contributed by atoms with Crippen molar-refractivity contribution in [2.24, 2.45) is 5.73 Å². The van der Waals surface area contributed by atoms with Crippen LogP contribution in [0.2, 0.25) is 0 Å². The van der Waals surface area contributed by atoms with Gasteiger partial charge in [-0.05, 0) is 48.0 Å². The van der Waals surface area contributed by atoms with Crippen molar-refractivity contribution in [2.75, 3.05) is 14.2 Å². The van der Waals surface area contributed by atoms with E-state index in [1.807, 2.05) is 37.4 Å². The summed E-state index contributed by atoms with van der Waals surface area (Å²) < 4.78 is 18.4. The molecular formula is C17H21FN2O. The van der Waals surface area contributed by atoms with Crippen LogP contribution in [-0.4, -0.2) is 19.1 Å². The van der Waals surface area contributed by atoms with Crippen molar-refractivity contribution in [1.29, 1.82) is 0 Å². The summed E-state index contributed by atoms with van der Waals surface area (Å²) in [6.07, 6.45) is 0. The van der Waals surface area contributed by atoms with Gasteiger partial charge >= 0.3 is 0 Å². The van der Waals surface area contributed by atoms with E-state index in [0.29, 0.717) is 6.54 Å². The molecule has 0 aliphatic heterocycles. The predicted octanol–water partition coefficient (Wildman–Crippen LogP) is 2.93. The van der Waals surface area contributed by atoms with Crippen molar-refractivity contribution >= 4 is 0 Å². The summed E-state index contributed by atoms with van der Waals surface area (Å²) in [5, 5.41) is 0. The van der Waals surface area contributed by atoms with E-state index in [4.69, 9.17) is 10.5 Å². The van der Waals surface area contributed by atoms with Crippen molar-refractivity contribution in [1.82, 2.24) is 4.90 Å². The van der Waals surface area contributed by atoms with Crippen molar-refractivity contribution in [2.45, 2.75) is 19.6 Å². The Kier molecular flexibility index (Phi) is 5.31. The van der Waals surface area contributed by atoms with Crippen LogP contribution in [0.15, 0.2) is 42.5 Å². The number of nitrogens with zero attached hydrogens (tertiary/aromatic N) is 1. The molecule has 112 valence electrons. The fourth-order valence-corrected chi connectivity index (χ4v) is 2.33. The molecular weight excluding hydrogens is 267 g/mol. The van der Waals surface area contributed by atoms with Crippen molar-refractivity contribution < 1.29 is 9.13 Å². The Morgan fingerprint density at radius 3 is 2.38 bits per heavy atom. The van der Waals surface area contributed by atoms with Gasteiger partial charge in [-0.1, -0.05) is 18.2 Å². The molecule has 0 aliphatic carbocycles. The smallest absolute Gasteiger partial charge is 0.123 e. The number of benzene rings is 2. The number of rotatable bonds is 6. The molecule has 0 spiro atoms. The van der Waals surface area contributed by atoms with E-state index < -0.39 is 0 Å². The second-order valence-corrected chi connectivity index (χ2v) is 5.14. The first kappa shape index (κ1) is 15.5. The van der Waals surface area contributed by atoms with Gasteiger partial charge in [0, 0.05) is 19.6 Å². The highest BCUT2D eigenvalue weighted by Gasteiger charge is 2.07. The summed E-state index contributed by atoms with van der Waals surface area (Å²) in [6.45, 7) is 1.90. The topological polar surface area (TPSA) is 38.5 Å². The molecule has 0 amide bonds. The number of nitrogens with two attached hydrogens (primary N) is 1. The van der Waals surface area contributed by atoms with E-state index in [2.05, 4.69) is 4.90 Å². The van der Waals surface area contributed by atoms with Gasteiger partial charge in [-0.15, -0.1) is 0 Å². The van der Waals surface area contributed by atoms with E-state index in [-0.39, 0.29) is 5.82 Å². The fourth-order valence-electron chi connectivity index (χ4n) is 2.33. The van der Waals surface area contributed by atoms with Crippen molar-refractivity contribution in [3.8, 4) is 5.75 Å². The van der Waals surface area contributed by atoms with Crippen LogP contribution in [0.5, 0.6) is 5.75 Å². The zero-order chi connectivity index (χ0) is 15.2. The zero-order valence-corrected chi connectivity index (χ0v) is 12.5. The fraction of sp³-hybridized carbons (Fsp3) is 0.294. The van der Waals surface area contributed by atoms with E-state index in [9.17, 15) is 4.39 Å². The van der Waals surface area contributed by atoms with Crippen molar-refractivity contribution in [3.63, 3.8) is 0 Å². The molecule has 4 heteroatoms. The maximum atomic E-state index is 13.2. The van der Waals surface area contributed by atoms with Gasteiger partial charge < -0.3 is 10.5 Å². The largest absolute Gasteiger partial charge is 0.497 e. The van der Waals surface area contributed by atoms with Crippen LogP contribution < -0.4 is 10.5 Å². The molecule has 2 aromatic rings. The Bertz CT molecular complexity index is 584. The Labute approximate surface area is 125 Å². The van der Waals surface area contributed by atoms with Crippen LogP contribution in [0.1, 0.15) is 16.7 Å². The third-order valence-electron chi connectivity index (χ3n) is 3.44. The van der Waals surface area contributed by atoms with Gasteiger partial charge in [-0.2, -0.15) is 0 Å². The average Bonchev–Trinajstić information content (AvgIpc) is 2.49. The number of halogens is 1. The van der Waals surface area contributed by atoms with E-state index in [1.165, 1.54) is 17.7 Å². The van der Waals surface area contributed by atoms with Crippen LogP contribution in [-0.2, 0) is 19.6 Å². The molecule has 21 heavy (non-hydrogen) atoms. The molecule has 0 fully saturated rings. The molecule has 2 aromatic carbocycles. The maximum Gasteiger partial charge on any atom is 0.123 e. The minimum Gasteiger partial charge on any atom is -0.497 e. The highest BCUT2D eigenvalue weighted by atomic mass is 19.1. The first-order valence-corrected chi connectivity index (χ1v) is 6.91. The molecule has 2 rings (SSSR count). The predicted molar refractivity (Wildman–Crippen MR) is 82.5 cm³/mol. The molecule has 0 aromatic heterocycles. The highest BCUT2D eigenvalue weighted by Crippen LogP contribution is 2.16. The van der Waals surface area contributed by atoms with Crippen LogP contribution in [0.4, 0.5) is 4.39 Å².